The van der Waals surface area contributed by atoms with Gasteiger partial charge in [0.25, 0.3) is 0 Å². The minimum absolute atomic E-state index is 0.0691. The highest BCUT2D eigenvalue weighted by atomic mass is 16.3. The van der Waals surface area contributed by atoms with Crippen molar-refractivity contribution < 1.29 is 9.21 Å². The summed E-state index contributed by atoms with van der Waals surface area (Å²) in [6, 6.07) is 15.1. The van der Waals surface area contributed by atoms with Crippen LogP contribution in [0.15, 0.2) is 52.9 Å². The maximum absolute atomic E-state index is 12.3. The molecule has 1 N–H and O–H groups in total. The van der Waals surface area contributed by atoms with Gasteiger partial charge in [0.1, 0.15) is 5.52 Å². The molecule has 29 heavy (non-hydrogen) atoms. The number of carbonyl (C=O) groups excluding carboxylic acids is 1. The van der Waals surface area contributed by atoms with Crippen LogP contribution in [0.2, 0.25) is 0 Å². The molecule has 0 aliphatic carbocycles. The van der Waals surface area contributed by atoms with Crippen LogP contribution in [0.3, 0.4) is 0 Å². The van der Waals surface area contributed by atoms with Crippen LogP contribution in [-0.2, 0) is 11.3 Å². The molecule has 0 saturated carbocycles. The van der Waals surface area contributed by atoms with Gasteiger partial charge in [0.05, 0.1) is 6.54 Å². The number of benzene rings is 2. The van der Waals surface area contributed by atoms with E-state index < -0.39 is 0 Å². The van der Waals surface area contributed by atoms with Crippen LogP contribution in [0, 0.1) is 0 Å². The van der Waals surface area contributed by atoms with Crippen molar-refractivity contribution in [3.63, 3.8) is 0 Å². The number of nitrogens with one attached hydrogen (secondary N) is 1. The Morgan fingerprint density at radius 3 is 2.79 bits per heavy atom. The molecule has 0 aliphatic rings. The molecular weight excluding hydrogens is 368 g/mol. The number of nitrogens with zero attached hydrogens (tertiary/aromatic N) is 5. The number of aromatic nitrogens is 5. The molecule has 8 heteroatoms. The van der Waals surface area contributed by atoms with Gasteiger partial charge >= 0.3 is 0 Å². The molecule has 2 aromatic carbocycles. The summed E-state index contributed by atoms with van der Waals surface area (Å²) in [6.45, 7) is 4.58. The summed E-state index contributed by atoms with van der Waals surface area (Å²) in [5.41, 5.74) is 3.08. The van der Waals surface area contributed by atoms with Gasteiger partial charge in [0.15, 0.2) is 11.5 Å². The first-order valence-corrected chi connectivity index (χ1v) is 9.62. The predicted octanol–water partition coefficient (Wildman–Crippen LogP) is 4.02. The molecule has 1 amide bonds. The van der Waals surface area contributed by atoms with Crippen LogP contribution < -0.4 is 5.32 Å². The van der Waals surface area contributed by atoms with E-state index in [4.69, 9.17) is 4.42 Å². The van der Waals surface area contributed by atoms with E-state index in [1.165, 1.54) is 4.80 Å². The Morgan fingerprint density at radius 1 is 1.17 bits per heavy atom. The second kappa shape index (κ2) is 8.22. The maximum atomic E-state index is 12.3. The highest BCUT2D eigenvalue weighted by molar-refractivity contribution is 5.92. The van der Waals surface area contributed by atoms with Crippen molar-refractivity contribution in [2.75, 3.05) is 5.32 Å². The first-order valence-electron chi connectivity index (χ1n) is 9.62. The molecule has 0 aliphatic heterocycles. The van der Waals surface area contributed by atoms with E-state index in [2.05, 4.69) is 25.7 Å². The van der Waals surface area contributed by atoms with E-state index in [0.29, 0.717) is 36.8 Å². The van der Waals surface area contributed by atoms with Crippen LogP contribution in [0.5, 0.6) is 0 Å². The summed E-state index contributed by atoms with van der Waals surface area (Å²) >= 11 is 0. The first kappa shape index (κ1) is 18.8. The monoisotopic (exact) mass is 390 g/mol. The van der Waals surface area contributed by atoms with Gasteiger partial charge in [-0.3, -0.25) is 4.79 Å². The Kier molecular flexibility index (Phi) is 5.33. The number of anilines is 1. The van der Waals surface area contributed by atoms with Gasteiger partial charge in [-0.05, 0) is 29.8 Å². The standard InChI is InChI=1S/C21H22N6O2/c1-14(2)21-23-17-13-16(10-11-18(17)29-21)22-19(28)9-6-12-27-25-20(24-26-27)15-7-4-3-5-8-15/h3-5,7-8,10-11,13-14H,6,9,12H2,1-2H3,(H,22,28). The quantitative estimate of drug-likeness (QED) is 0.512. The van der Waals surface area contributed by atoms with Gasteiger partial charge in [0, 0.05) is 23.6 Å². The number of hydrogen-bond acceptors (Lipinski definition) is 6. The SMILES string of the molecule is CC(C)c1nc2cc(NC(=O)CCCn3nnc(-c4ccccc4)n3)ccc2o1. The van der Waals surface area contributed by atoms with Crippen molar-refractivity contribution in [1.82, 2.24) is 25.2 Å². The molecule has 4 aromatic rings. The highest BCUT2D eigenvalue weighted by Crippen LogP contribution is 2.23. The van der Waals surface area contributed by atoms with Crippen molar-refractivity contribution in [3.8, 4) is 11.4 Å². The Labute approximate surface area is 167 Å². The molecule has 0 radical (unpaired) electrons. The van der Waals surface area contributed by atoms with E-state index in [1.54, 1.807) is 0 Å². The van der Waals surface area contributed by atoms with Crippen molar-refractivity contribution in [3.05, 3.63) is 54.4 Å². The van der Waals surface area contributed by atoms with E-state index >= 15 is 0 Å². The number of rotatable bonds is 7. The lowest BCUT2D eigenvalue weighted by Crippen LogP contribution is -2.13. The van der Waals surface area contributed by atoms with Gasteiger partial charge in [0.2, 0.25) is 11.7 Å². The fourth-order valence-corrected chi connectivity index (χ4v) is 2.92. The number of tetrazole rings is 1. The number of oxazole rings is 1. The Morgan fingerprint density at radius 2 is 2.00 bits per heavy atom. The third kappa shape index (κ3) is 4.48. The highest BCUT2D eigenvalue weighted by Gasteiger charge is 2.11. The van der Waals surface area contributed by atoms with Crippen molar-refractivity contribution in [2.45, 2.75) is 39.2 Å². The molecule has 4 rings (SSSR count). The predicted molar refractivity (Wildman–Crippen MR) is 109 cm³/mol. The summed E-state index contributed by atoms with van der Waals surface area (Å²) < 4.78 is 5.69. The van der Waals surface area contributed by atoms with Gasteiger partial charge in [-0.1, -0.05) is 44.2 Å². The lowest BCUT2D eigenvalue weighted by atomic mass is 10.2. The largest absolute Gasteiger partial charge is 0.440 e. The lowest BCUT2D eigenvalue weighted by molar-refractivity contribution is -0.116. The summed E-state index contributed by atoms with van der Waals surface area (Å²) in [5, 5.41) is 15.4. The van der Waals surface area contributed by atoms with Crippen molar-refractivity contribution in [2.24, 2.45) is 0 Å². The normalized spacial score (nSPS) is 11.3. The summed E-state index contributed by atoms with van der Waals surface area (Å²) in [7, 11) is 0. The number of fused-ring (bicyclic) bond motifs is 1. The fourth-order valence-electron chi connectivity index (χ4n) is 2.92. The van der Waals surface area contributed by atoms with Crippen molar-refractivity contribution >= 4 is 22.7 Å². The molecule has 0 saturated heterocycles. The summed E-state index contributed by atoms with van der Waals surface area (Å²) in [5.74, 6) is 1.42. The molecule has 2 heterocycles. The average molecular weight is 390 g/mol. The molecular formula is C21H22N6O2. The summed E-state index contributed by atoms with van der Waals surface area (Å²) in [6.07, 6.45) is 0.969. The van der Waals surface area contributed by atoms with Crippen LogP contribution in [0.4, 0.5) is 5.69 Å². The first-order chi connectivity index (χ1) is 14.1. The molecule has 0 bridgehead atoms. The third-order valence-electron chi connectivity index (χ3n) is 4.43. The smallest absolute Gasteiger partial charge is 0.224 e. The van der Waals surface area contributed by atoms with Crippen LogP contribution in [0.25, 0.3) is 22.5 Å². The van der Waals surface area contributed by atoms with Crippen LogP contribution >= 0.6 is 0 Å². The second-order valence-corrected chi connectivity index (χ2v) is 7.12. The van der Waals surface area contributed by atoms with Crippen LogP contribution in [-0.4, -0.2) is 31.1 Å². The number of aryl methyl sites for hydroxylation is 1. The minimum atomic E-state index is -0.0691. The molecule has 0 unspecified atom stereocenters. The van der Waals surface area contributed by atoms with Gasteiger partial charge in [-0.2, -0.15) is 4.80 Å². The molecule has 0 fully saturated rings. The second-order valence-electron chi connectivity index (χ2n) is 7.12. The molecule has 148 valence electrons. The van der Waals surface area contributed by atoms with Gasteiger partial charge in [-0.25, -0.2) is 4.98 Å². The van der Waals surface area contributed by atoms with Crippen molar-refractivity contribution in [1.29, 1.82) is 0 Å². The molecule has 2 aromatic heterocycles. The molecule has 0 atom stereocenters. The molecule has 8 nitrogen and oxygen atoms in total. The zero-order chi connectivity index (χ0) is 20.2. The van der Waals surface area contributed by atoms with Gasteiger partial charge in [-0.15, -0.1) is 10.2 Å². The van der Waals surface area contributed by atoms with E-state index in [9.17, 15) is 4.79 Å². The number of amides is 1. The Hall–Kier alpha value is -3.55. The number of carbonyl (C=O) groups is 1. The van der Waals surface area contributed by atoms with E-state index in [1.807, 2.05) is 62.4 Å². The van der Waals surface area contributed by atoms with Gasteiger partial charge < -0.3 is 9.73 Å². The topological polar surface area (TPSA) is 98.7 Å². The lowest BCUT2D eigenvalue weighted by Gasteiger charge is -2.04. The maximum Gasteiger partial charge on any atom is 0.224 e. The fraction of sp³-hybridized carbons (Fsp3) is 0.286. The zero-order valence-corrected chi connectivity index (χ0v) is 16.4. The molecule has 0 spiro atoms. The summed E-state index contributed by atoms with van der Waals surface area (Å²) in [4.78, 5) is 18.2. The van der Waals surface area contributed by atoms with Crippen LogP contribution in [0.1, 0.15) is 38.5 Å². The Bertz CT molecular complexity index is 1120. The zero-order valence-electron chi connectivity index (χ0n) is 16.4. The third-order valence-corrected chi connectivity index (χ3v) is 4.43. The average Bonchev–Trinajstić information content (AvgIpc) is 3.35. The van der Waals surface area contributed by atoms with E-state index in [-0.39, 0.29) is 11.8 Å². The Balaban J connectivity index is 1.30. The van der Waals surface area contributed by atoms with E-state index in [0.717, 1.165) is 16.7 Å². The number of hydrogen-bond donors (Lipinski definition) is 1. The minimum Gasteiger partial charge on any atom is -0.440 e.